The van der Waals surface area contributed by atoms with Crippen LogP contribution < -0.4 is 5.32 Å². The van der Waals surface area contributed by atoms with Crippen LogP contribution in [0.3, 0.4) is 0 Å². The van der Waals surface area contributed by atoms with Gasteiger partial charge < -0.3 is 5.32 Å². The Balaban J connectivity index is 1.71. The van der Waals surface area contributed by atoms with E-state index in [4.69, 9.17) is 23.2 Å². The van der Waals surface area contributed by atoms with Crippen molar-refractivity contribution in [1.29, 1.82) is 0 Å². The van der Waals surface area contributed by atoms with Crippen molar-refractivity contribution in [3.05, 3.63) is 63.1 Å². The van der Waals surface area contributed by atoms with Crippen LogP contribution in [0.1, 0.15) is 29.5 Å². The summed E-state index contributed by atoms with van der Waals surface area (Å²) in [5.74, 6) is -0.751. The van der Waals surface area contributed by atoms with Gasteiger partial charge in [-0.3, -0.25) is 4.79 Å². The number of amides is 1. The lowest BCUT2D eigenvalue weighted by Crippen LogP contribution is -2.44. The van der Waals surface area contributed by atoms with Gasteiger partial charge in [-0.2, -0.15) is 0 Å². The van der Waals surface area contributed by atoms with E-state index in [-0.39, 0.29) is 18.2 Å². The SMILES string of the molecule is Cc1cccc(C)c1NC(=O)[C@H]1CCCN(S(=O)(=O)Cc2ccc(Cl)cc2Cl)C1. The Hall–Kier alpha value is -1.60. The lowest BCUT2D eigenvalue weighted by Gasteiger charge is -2.31. The van der Waals surface area contributed by atoms with Gasteiger partial charge in [0.05, 0.1) is 11.7 Å². The van der Waals surface area contributed by atoms with E-state index in [0.29, 0.717) is 35.0 Å². The van der Waals surface area contributed by atoms with Crippen LogP contribution in [-0.4, -0.2) is 31.7 Å². The first-order valence-electron chi connectivity index (χ1n) is 9.46. The number of aryl methyl sites for hydroxylation is 2. The lowest BCUT2D eigenvalue weighted by atomic mass is 9.98. The molecule has 0 saturated carbocycles. The summed E-state index contributed by atoms with van der Waals surface area (Å²) < 4.78 is 27.3. The van der Waals surface area contributed by atoms with E-state index >= 15 is 0 Å². The minimum atomic E-state index is -3.60. The molecule has 3 rings (SSSR count). The highest BCUT2D eigenvalue weighted by Crippen LogP contribution is 2.27. The number of anilines is 1. The number of rotatable bonds is 5. The third kappa shape index (κ3) is 5.31. The molecular weight excluding hydrogens is 431 g/mol. The maximum atomic E-state index is 12.9. The van der Waals surface area contributed by atoms with Crippen LogP contribution >= 0.6 is 23.2 Å². The molecule has 1 amide bonds. The first-order chi connectivity index (χ1) is 13.7. The predicted molar refractivity (Wildman–Crippen MR) is 118 cm³/mol. The maximum absolute atomic E-state index is 12.9. The standard InChI is InChI=1S/C21H24Cl2N2O3S/c1-14-5-3-6-15(2)20(14)24-21(26)16-7-4-10-25(12-16)29(27,28)13-17-8-9-18(22)11-19(17)23/h3,5-6,8-9,11,16H,4,7,10,12-13H2,1-2H3,(H,24,26)/t16-/m0/s1. The first-order valence-corrected chi connectivity index (χ1v) is 11.8. The van der Waals surface area contributed by atoms with Crippen LogP contribution in [0.25, 0.3) is 0 Å². The van der Waals surface area contributed by atoms with E-state index < -0.39 is 15.9 Å². The van der Waals surface area contributed by atoms with Gasteiger partial charge in [0, 0.05) is 28.8 Å². The van der Waals surface area contributed by atoms with Gasteiger partial charge in [-0.15, -0.1) is 0 Å². The van der Waals surface area contributed by atoms with Crippen LogP contribution in [0.5, 0.6) is 0 Å². The zero-order chi connectivity index (χ0) is 21.2. The number of carbonyl (C=O) groups excluding carboxylic acids is 1. The second kappa shape index (κ2) is 9.04. The molecule has 0 radical (unpaired) electrons. The van der Waals surface area contributed by atoms with Crippen LogP contribution in [0, 0.1) is 19.8 Å². The van der Waals surface area contributed by atoms with Crippen molar-refractivity contribution in [2.45, 2.75) is 32.4 Å². The fourth-order valence-corrected chi connectivity index (χ4v) is 5.77. The molecular formula is C21H24Cl2N2O3S. The van der Waals surface area contributed by atoms with Crippen LogP contribution in [0.15, 0.2) is 36.4 Å². The molecule has 1 atom stereocenters. The van der Waals surface area contributed by atoms with Crippen molar-refractivity contribution in [3.63, 3.8) is 0 Å². The highest BCUT2D eigenvalue weighted by molar-refractivity contribution is 7.88. The zero-order valence-corrected chi connectivity index (χ0v) is 18.7. The number of carbonyl (C=O) groups is 1. The quantitative estimate of drug-likeness (QED) is 0.705. The number of piperidine rings is 1. The van der Waals surface area contributed by atoms with Gasteiger partial charge in [-0.25, -0.2) is 12.7 Å². The van der Waals surface area contributed by atoms with Gasteiger partial charge in [0.25, 0.3) is 0 Å². The molecule has 8 heteroatoms. The third-order valence-corrected chi connectivity index (χ3v) is 7.61. The minimum Gasteiger partial charge on any atom is -0.325 e. The summed E-state index contributed by atoms with van der Waals surface area (Å²) in [6.45, 7) is 4.46. The number of hydrogen-bond acceptors (Lipinski definition) is 3. The van der Waals surface area contributed by atoms with Crippen molar-refractivity contribution in [3.8, 4) is 0 Å². The molecule has 0 aliphatic carbocycles. The molecule has 0 spiro atoms. The van der Waals surface area contributed by atoms with Crippen molar-refractivity contribution in [2.75, 3.05) is 18.4 Å². The summed E-state index contributed by atoms with van der Waals surface area (Å²) in [7, 11) is -3.60. The molecule has 2 aromatic carbocycles. The molecule has 156 valence electrons. The molecule has 0 unspecified atom stereocenters. The Morgan fingerprint density at radius 3 is 2.52 bits per heavy atom. The van der Waals surface area contributed by atoms with E-state index in [0.717, 1.165) is 16.8 Å². The average molecular weight is 455 g/mol. The Morgan fingerprint density at radius 1 is 1.17 bits per heavy atom. The Bertz CT molecular complexity index is 1000. The molecule has 1 N–H and O–H groups in total. The molecule has 1 fully saturated rings. The molecule has 1 saturated heterocycles. The smallest absolute Gasteiger partial charge is 0.228 e. The molecule has 29 heavy (non-hydrogen) atoms. The van der Waals surface area contributed by atoms with Gasteiger partial charge in [-0.05, 0) is 55.5 Å². The average Bonchev–Trinajstić information content (AvgIpc) is 2.67. The molecule has 1 heterocycles. The van der Waals surface area contributed by atoms with Crippen molar-refractivity contribution in [1.82, 2.24) is 4.31 Å². The van der Waals surface area contributed by atoms with Crippen molar-refractivity contribution >= 4 is 44.8 Å². The molecule has 5 nitrogen and oxygen atoms in total. The number of halogens is 2. The molecule has 2 aromatic rings. The lowest BCUT2D eigenvalue weighted by molar-refractivity contribution is -0.120. The Labute approximate surface area is 182 Å². The molecule has 1 aliphatic rings. The van der Waals surface area contributed by atoms with Gasteiger partial charge in [0.2, 0.25) is 15.9 Å². The van der Waals surface area contributed by atoms with Crippen molar-refractivity contribution in [2.24, 2.45) is 5.92 Å². The van der Waals surface area contributed by atoms with E-state index in [1.807, 2.05) is 32.0 Å². The van der Waals surface area contributed by atoms with Gasteiger partial charge >= 0.3 is 0 Å². The summed E-state index contributed by atoms with van der Waals surface area (Å²) in [4.78, 5) is 12.8. The molecule has 0 bridgehead atoms. The summed E-state index contributed by atoms with van der Waals surface area (Å²) in [5.41, 5.74) is 3.26. The second-order valence-corrected chi connectivity index (χ2v) is 10.3. The molecule has 1 aliphatic heterocycles. The zero-order valence-electron chi connectivity index (χ0n) is 16.4. The second-order valence-electron chi connectivity index (χ2n) is 7.45. The minimum absolute atomic E-state index is 0.146. The highest BCUT2D eigenvalue weighted by atomic mass is 35.5. The summed E-state index contributed by atoms with van der Waals surface area (Å²) >= 11 is 12.0. The predicted octanol–water partition coefficient (Wildman–Crippen LogP) is 4.79. The van der Waals surface area contributed by atoms with Gasteiger partial charge in [0.15, 0.2) is 0 Å². The number of nitrogens with zero attached hydrogens (tertiary/aromatic N) is 1. The van der Waals surface area contributed by atoms with Crippen LogP contribution in [0.4, 0.5) is 5.69 Å². The number of para-hydroxylation sites is 1. The largest absolute Gasteiger partial charge is 0.325 e. The van der Waals surface area contributed by atoms with E-state index in [2.05, 4.69) is 5.32 Å². The summed E-state index contributed by atoms with van der Waals surface area (Å²) in [6.07, 6.45) is 1.29. The van der Waals surface area contributed by atoms with E-state index in [1.165, 1.54) is 10.4 Å². The Morgan fingerprint density at radius 2 is 1.86 bits per heavy atom. The number of benzene rings is 2. The Kier molecular flexibility index (Phi) is 6.89. The summed E-state index contributed by atoms with van der Waals surface area (Å²) in [5, 5.41) is 3.77. The van der Waals surface area contributed by atoms with Crippen LogP contribution in [-0.2, 0) is 20.6 Å². The topological polar surface area (TPSA) is 66.5 Å². The third-order valence-electron chi connectivity index (χ3n) is 5.23. The van der Waals surface area contributed by atoms with Gasteiger partial charge in [-0.1, -0.05) is 47.5 Å². The maximum Gasteiger partial charge on any atom is 0.228 e. The highest BCUT2D eigenvalue weighted by Gasteiger charge is 2.33. The fourth-order valence-electron chi connectivity index (χ4n) is 3.57. The number of sulfonamides is 1. The van der Waals surface area contributed by atoms with Crippen molar-refractivity contribution < 1.29 is 13.2 Å². The summed E-state index contributed by atoms with van der Waals surface area (Å²) in [6, 6.07) is 10.6. The first kappa shape index (κ1) is 22.1. The fraction of sp³-hybridized carbons (Fsp3) is 0.381. The number of nitrogens with one attached hydrogen (secondary N) is 1. The van der Waals surface area contributed by atoms with E-state index in [1.54, 1.807) is 12.1 Å². The normalized spacial score (nSPS) is 17.9. The van der Waals surface area contributed by atoms with E-state index in [9.17, 15) is 13.2 Å². The molecule has 0 aromatic heterocycles. The monoisotopic (exact) mass is 454 g/mol. The number of hydrogen-bond donors (Lipinski definition) is 1. The van der Waals surface area contributed by atoms with Gasteiger partial charge in [0.1, 0.15) is 0 Å². The van der Waals surface area contributed by atoms with Crippen LogP contribution in [0.2, 0.25) is 10.0 Å².